The third kappa shape index (κ3) is 5.73. The minimum atomic E-state index is -4.29. The summed E-state index contributed by atoms with van der Waals surface area (Å²) in [5, 5.41) is -0.317. The Morgan fingerprint density at radius 1 is 1.08 bits per heavy atom. The predicted octanol–water partition coefficient (Wildman–Crippen LogP) is 5.58. The van der Waals surface area contributed by atoms with Crippen LogP contribution in [0.1, 0.15) is 62.6 Å². The Labute approximate surface area is 155 Å². The van der Waals surface area contributed by atoms with Crippen molar-refractivity contribution < 1.29 is 21.6 Å². The van der Waals surface area contributed by atoms with Crippen molar-refractivity contribution in [2.45, 2.75) is 70.7 Å². The number of rotatable bonds is 6. The Kier molecular flexibility index (Phi) is 6.81. The highest BCUT2D eigenvalue weighted by molar-refractivity contribution is 7.91. The van der Waals surface area contributed by atoms with Gasteiger partial charge in [-0.1, -0.05) is 18.9 Å². The average Bonchev–Trinajstić information content (AvgIpc) is 2.53. The molecular formula is C20H29F3O2S. The van der Waals surface area contributed by atoms with Crippen molar-refractivity contribution in [2.24, 2.45) is 11.8 Å². The van der Waals surface area contributed by atoms with Crippen LogP contribution in [0.2, 0.25) is 0 Å². The standard InChI is InChI=1S/C20H29F3O2S/c1-14(2)26(24,25)13-17-6-4-16(5-7-17)8-9-18-10-11-19(12-15(18)3)20(21,22)23/h10-12,14,16-17H,4-9,13H2,1-3H3. The molecule has 1 aromatic rings. The van der Waals surface area contributed by atoms with E-state index >= 15 is 0 Å². The van der Waals surface area contributed by atoms with Gasteiger partial charge in [-0.25, -0.2) is 8.42 Å². The van der Waals surface area contributed by atoms with Crippen molar-refractivity contribution in [1.29, 1.82) is 0 Å². The van der Waals surface area contributed by atoms with Crippen LogP contribution >= 0.6 is 0 Å². The lowest BCUT2D eigenvalue weighted by Crippen LogP contribution is -2.26. The molecular weight excluding hydrogens is 361 g/mol. The van der Waals surface area contributed by atoms with Crippen LogP contribution in [-0.2, 0) is 22.4 Å². The molecule has 148 valence electrons. The van der Waals surface area contributed by atoms with Crippen molar-refractivity contribution in [3.8, 4) is 0 Å². The van der Waals surface area contributed by atoms with Gasteiger partial charge >= 0.3 is 6.18 Å². The van der Waals surface area contributed by atoms with E-state index in [2.05, 4.69) is 0 Å². The third-order valence-electron chi connectivity index (χ3n) is 5.64. The number of hydrogen-bond acceptors (Lipinski definition) is 2. The lowest BCUT2D eigenvalue weighted by Gasteiger charge is -2.29. The van der Waals surface area contributed by atoms with E-state index in [-0.39, 0.29) is 16.9 Å². The van der Waals surface area contributed by atoms with E-state index in [1.54, 1.807) is 26.8 Å². The number of hydrogen-bond donors (Lipinski definition) is 0. The van der Waals surface area contributed by atoms with E-state index in [0.29, 0.717) is 11.5 Å². The monoisotopic (exact) mass is 390 g/mol. The molecule has 1 aliphatic rings. The molecule has 0 saturated heterocycles. The molecule has 0 radical (unpaired) electrons. The molecule has 1 aromatic carbocycles. The molecule has 0 spiro atoms. The highest BCUT2D eigenvalue weighted by atomic mass is 32.2. The molecule has 0 unspecified atom stereocenters. The van der Waals surface area contributed by atoms with Crippen LogP contribution in [0.5, 0.6) is 0 Å². The average molecular weight is 391 g/mol. The molecule has 1 aliphatic carbocycles. The first-order chi connectivity index (χ1) is 12.0. The summed E-state index contributed by atoms with van der Waals surface area (Å²) >= 11 is 0. The molecule has 0 aromatic heterocycles. The molecule has 26 heavy (non-hydrogen) atoms. The molecule has 0 heterocycles. The summed E-state index contributed by atoms with van der Waals surface area (Å²) in [6, 6.07) is 3.98. The molecule has 0 bridgehead atoms. The van der Waals surface area contributed by atoms with Crippen LogP contribution in [0.25, 0.3) is 0 Å². The Balaban J connectivity index is 1.84. The van der Waals surface area contributed by atoms with Gasteiger partial charge in [0.2, 0.25) is 0 Å². The molecule has 1 fully saturated rings. The Morgan fingerprint density at radius 2 is 1.65 bits per heavy atom. The second-order valence-corrected chi connectivity index (χ2v) is 10.5. The summed E-state index contributed by atoms with van der Waals surface area (Å²) in [6.45, 7) is 5.19. The van der Waals surface area contributed by atoms with E-state index in [0.717, 1.165) is 50.2 Å². The number of sulfone groups is 1. The lowest BCUT2D eigenvalue weighted by molar-refractivity contribution is -0.137. The number of aryl methyl sites for hydroxylation is 2. The van der Waals surface area contributed by atoms with Crippen molar-refractivity contribution in [2.75, 3.05) is 5.75 Å². The molecule has 0 atom stereocenters. The van der Waals surface area contributed by atoms with Gasteiger partial charge in [0.05, 0.1) is 16.6 Å². The van der Waals surface area contributed by atoms with Gasteiger partial charge in [0, 0.05) is 0 Å². The topological polar surface area (TPSA) is 34.1 Å². The molecule has 2 rings (SSSR count). The lowest BCUT2D eigenvalue weighted by atomic mass is 9.80. The van der Waals surface area contributed by atoms with Gasteiger partial charge < -0.3 is 0 Å². The summed E-state index contributed by atoms with van der Waals surface area (Å²) in [5.74, 6) is 1.08. The highest BCUT2D eigenvalue weighted by Gasteiger charge is 2.31. The minimum absolute atomic E-state index is 0.256. The van der Waals surface area contributed by atoms with Crippen molar-refractivity contribution >= 4 is 9.84 Å². The summed E-state index contributed by atoms with van der Waals surface area (Å²) < 4.78 is 62.3. The molecule has 0 N–H and O–H groups in total. The van der Waals surface area contributed by atoms with Gasteiger partial charge in [0.1, 0.15) is 0 Å². The molecule has 0 aliphatic heterocycles. The SMILES string of the molecule is Cc1cc(C(F)(F)F)ccc1CCC1CCC(CS(=O)(=O)C(C)C)CC1. The smallest absolute Gasteiger partial charge is 0.229 e. The summed E-state index contributed by atoms with van der Waals surface area (Å²) in [4.78, 5) is 0. The zero-order chi connectivity index (χ0) is 19.5. The zero-order valence-corrected chi connectivity index (χ0v) is 16.6. The van der Waals surface area contributed by atoms with E-state index in [1.807, 2.05) is 0 Å². The third-order valence-corrected chi connectivity index (χ3v) is 8.02. The van der Waals surface area contributed by atoms with Crippen LogP contribution < -0.4 is 0 Å². The Bertz CT molecular complexity index is 700. The first-order valence-corrected chi connectivity index (χ1v) is 11.1. The summed E-state index contributed by atoms with van der Waals surface area (Å²) in [6.07, 6.45) is 1.33. The highest BCUT2D eigenvalue weighted by Crippen LogP contribution is 2.34. The largest absolute Gasteiger partial charge is 0.416 e. The maximum Gasteiger partial charge on any atom is 0.416 e. The number of alkyl halides is 3. The second kappa shape index (κ2) is 8.32. The molecule has 1 saturated carbocycles. The predicted molar refractivity (Wildman–Crippen MR) is 98.9 cm³/mol. The Morgan fingerprint density at radius 3 is 2.15 bits per heavy atom. The normalized spacial score (nSPS) is 22.0. The second-order valence-electron chi connectivity index (χ2n) is 7.94. The number of halogens is 3. The van der Waals surface area contributed by atoms with E-state index in [4.69, 9.17) is 0 Å². The fourth-order valence-electron chi connectivity index (χ4n) is 3.72. The van der Waals surface area contributed by atoms with Gasteiger partial charge in [-0.2, -0.15) is 13.2 Å². The molecule has 2 nitrogen and oxygen atoms in total. The number of benzene rings is 1. The minimum Gasteiger partial charge on any atom is -0.229 e. The first kappa shape index (κ1) is 21.3. The first-order valence-electron chi connectivity index (χ1n) is 9.37. The van der Waals surface area contributed by atoms with E-state index in [9.17, 15) is 21.6 Å². The van der Waals surface area contributed by atoms with Crippen LogP contribution in [0.3, 0.4) is 0 Å². The van der Waals surface area contributed by atoms with Gasteiger partial charge in [-0.05, 0) is 81.5 Å². The van der Waals surface area contributed by atoms with Gasteiger partial charge in [-0.3, -0.25) is 0 Å². The van der Waals surface area contributed by atoms with Crippen molar-refractivity contribution in [3.05, 3.63) is 34.9 Å². The van der Waals surface area contributed by atoms with Gasteiger partial charge in [0.25, 0.3) is 0 Å². The van der Waals surface area contributed by atoms with Crippen LogP contribution in [0.4, 0.5) is 13.2 Å². The Hall–Kier alpha value is -1.04. The van der Waals surface area contributed by atoms with Crippen LogP contribution in [-0.4, -0.2) is 19.4 Å². The maximum absolute atomic E-state index is 12.7. The van der Waals surface area contributed by atoms with E-state index in [1.165, 1.54) is 6.07 Å². The van der Waals surface area contributed by atoms with Gasteiger partial charge in [0.15, 0.2) is 9.84 Å². The fourth-order valence-corrected chi connectivity index (χ4v) is 5.10. The fraction of sp³-hybridized carbons (Fsp3) is 0.700. The summed E-state index contributed by atoms with van der Waals surface area (Å²) in [5.41, 5.74) is 1.07. The maximum atomic E-state index is 12.7. The molecule has 0 amide bonds. The van der Waals surface area contributed by atoms with Gasteiger partial charge in [-0.15, -0.1) is 0 Å². The van der Waals surface area contributed by atoms with Crippen LogP contribution in [0.15, 0.2) is 18.2 Å². The quantitative estimate of drug-likeness (QED) is 0.636. The molecule has 6 heteroatoms. The van der Waals surface area contributed by atoms with Crippen molar-refractivity contribution in [3.63, 3.8) is 0 Å². The summed E-state index contributed by atoms with van der Waals surface area (Å²) in [7, 11) is -2.98. The van der Waals surface area contributed by atoms with E-state index < -0.39 is 21.6 Å². The van der Waals surface area contributed by atoms with Crippen molar-refractivity contribution in [1.82, 2.24) is 0 Å². The zero-order valence-electron chi connectivity index (χ0n) is 15.8. The van der Waals surface area contributed by atoms with Crippen LogP contribution in [0, 0.1) is 18.8 Å².